The maximum absolute atomic E-state index is 11.7. The van der Waals surface area contributed by atoms with E-state index in [1.165, 1.54) is 5.56 Å². The van der Waals surface area contributed by atoms with Crippen molar-refractivity contribution in [2.45, 2.75) is 124 Å². The maximum Gasteiger partial charge on any atom is 0.192 e. The molecule has 1 aliphatic carbocycles. The highest BCUT2D eigenvalue weighted by molar-refractivity contribution is 14.1. The molecule has 200 valence electrons. The highest BCUT2D eigenvalue weighted by Crippen LogP contribution is 2.50. The zero-order chi connectivity index (χ0) is 27.4. The van der Waals surface area contributed by atoms with Crippen LogP contribution in [-0.2, 0) is 16.3 Å². The van der Waals surface area contributed by atoms with Gasteiger partial charge in [-0.15, -0.1) is 0 Å². The molecule has 2 atom stereocenters. The third-order valence-electron chi connectivity index (χ3n) is 7.74. The Labute approximate surface area is 233 Å². The summed E-state index contributed by atoms with van der Waals surface area (Å²) in [6, 6.07) is 0. The minimum absolute atomic E-state index is 0.0317. The molecule has 36 heavy (non-hydrogen) atoms. The van der Waals surface area contributed by atoms with Gasteiger partial charge in [-0.05, 0) is 64.9 Å². The average Bonchev–Trinajstić information content (AvgIpc) is 2.70. The lowest BCUT2D eigenvalue weighted by molar-refractivity contribution is 0.104. The lowest BCUT2D eigenvalue weighted by atomic mass is 9.74. The molecule has 2 unspecified atom stereocenters. The Bertz CT molecular complexity index is 1100. The molecule has 0 saturated carbocycles. The molecule has 2 aromatic heterocycles. The number of fused-ring (bicyclic) bond motifs is 1. The van der Waals surface area contributed by atoms with Crippen LogP contribution in [0, 0.1) is 8.99 Å². The largest absolute Gasteiger partial charge is 0.410 e. The summed E-state index contributed by atoms with van der Waals surface area (Å²) in [5.74, 6) is 0.943. The van der Waals surface area contributed by atoms with E-state index < -0.39 is 14.4 Å². The molecule has 7 heteroatoms. The van der Waals surface area contributed by atoms with E-state index in [1.807, 2.05) is 0 Å². The van der Waals surface area contributed by atoms with Crippen molar-refractivity contribution in [3.05, 3.63) is 49.9 Å². The first-order valence-electron chi connectivity index (χ1n) is 13.2. The lowest BCUT2D eigenvalue weighted by Gasteiger charge is -2.44. The van der Waals surface area contributed by atoms with Crippen molar-refractivity contribution in [2.24, 2.45) is 5.41 Å². The fraction of sp³-hybridized carbons (Fsp3) is 0.690. The lowest BCUT2D eigenvalue weighted by Crippen LogP contribution is -2.44. The zero-order valence-electron chi connectivity index (χ0n) is 24.4. The van der Waals surface area contributed by atoms with Crippen molar-refractivity contribution in [1.29, 1.82) is 0 Å². The Morgan fingerprint density at radius 3 is 2.11 bits per heavy atom. The van der Waals surface area contributed by atoms with Crippen molar-refractivity contribution in [3.63, 3.8) is 0 Å². The van der Waals surface area contributed by atoms with E-state index in [-0.39, 0.29) is 27.9 Å². The van der Waals surface area contributed by atoms with Gasteiger partial charge >= 0.3 is 0 Å². The standard InChI is InChI=1S/C29H46IN3O2Si/c1-17(2)24-22(25(34)18-15-31-26(32-16-18)27(3,4)5)23(30)21-19(33-24)13-29(9,10)14-20(21)35-36(11,12)28(6,7)8/h15-17,20,25,34H,13-14H2,1-12H3. The molecule has 2 aromatic rings. The minimum atomic E-state index is -2.03. The molecule has 0 saturated heterocycles. The van der Waals surface area contributed by atoms with E-state index in [4.69, 9.17) is 9.41 Å². The number of aliphatic hydroxyl groups is 1. The second kappa shape index (κ2) is 10.0. The van der Waals surface area contributed by atoms with Gasteiger partial charge in [-0.2, -0.15) is 0 Å². The SMILES string of the molecule is CC(C)c1nc2c(c(I)c1C(O)c1cnc(C(C)(C)C)nc1)C(O[Si](C)(C)C(C)(C)C)CC(C)(C)C2. The first kappa shape index (κ1) is 29.6. The first-order chi connectivity index (χ1) is 16.2. The number of aromatic nitrogens is 3. The summed E-state index contributed by atoms with van der Waals surface area (Å²) in [4.78, 5) is 14.4. The fourth-order valence-corrected chi connectivity index (χ4v) is 7.10. The highest BCUT2D eigenvalue weighted by Gasteiger charge is 2.44. The van der Waals surface area contributed by atoms with E-state index in [1.54, 1.807) is 12.4 Å². The molecule has 1 aliphatic rings. The predicted molar refractivity (Wildman–Crippen MR) is 159 cm³/mol. The van der Waals surface area contributed by atoms with Crippen LogP contribution in [0.3, 0.4) is 0 Å². The van der Waals surface area contributed by atoms with Crippen LogP contribution >= 0.6 is 22.6 Å². The number of aliphatic hydroxyl groups excluding tert-OH is 1. The zero-order valence-corrected chi connectivity index (χ0v) is 27.5. The number of pyridine rings is 1. The van der Waals surface area contributed by atoms with E-state index in [0.717, 1.165) is 39.2 Å². The average molecular weight is 624 g/mol. The molecule has 0 amide bonds. The van der Waals surface area contributed by atoms with Gasteiger partial charge in [0.1, 0.15) is 11.9 Å². The van der Waals surface area contributed by atoms with Crippen LogP contribution in [0.5, 0.6) is 0 Å². The fourth-order valence-electron chi connectivity index (χ4n) is 4.61. The Kier molecular flexibility index (Phi) is 8.24. The number of halogens is 1. The molecule has 5 nitrogen and oxygen atoms in total. The number of rotatable bonds is 5. The molecule has 0 bridgehead atoms. The third-order valence-corrected chi connectivity index (χ3v) is 13.4. The Morgan fingerprint density at radius 1 is 1.08 bits per heavy atom. The monoisotopic (exact) mass is 623 g/mol. The third kappa shape index (κ3) is 6.05. The molecule has 0 spiro atoms. The number of hydrogen-bond donors (Lipinski definition) is 1. The summed E-state index contributed by atoms with van der Waals surface area (Å²) in [6.45, 7) is 26.7. The van der Waals surface area contributed by atoms with Crippen LogP contribution in [0.1, 0.15) is 128 Å². The molecule has 0 aromatic carbocycles. The van der Waals surface area contributed by atoms with Gasteiger partial charge in [0.25, 0.3) is 0 Å². The van der Waals surface area contributed by atoms with Crippen molar-refractivity contribution in [3.8, 4) is 0 Å². The van der Waals surface area contributed by atoms with Gasteiger partial charge in [0.15, 0.2) is 8.32 Å². The van der Waals surface area contributed by atoms with E-state index in [2.05, 4.69) is 115 Å². The second-order valence-electron chi connectivity index (χ2n) is 14.1. The van der Waals surface area contributed by atoms with Crippen molar-refractivity contribution in [1.82, 2.24) is 15.0 Å². The highest BCUT2D eigenvalue weighted by atomic mass is 127. The minimum Gasteiger partial charge on any atom is -0.410 e. The van der Waals surface area contributed by atoms with E-state index >= 15 is 0 Å². The summed E-state index contributed by atoms with van der Waals surface area (Å²) in [6.07, 6.45) is 4.52. The van der Waals surface area contributed by atoms with Gasteiger partial charge in [0.05, 0.1) is 11.8 Å². The predicted octanol–water partition coefficient (Wildman–Crippen LogP) is 8.01. The Balaban J connectivity index is 2.18. The van der Waals surface area contributed by atoms with Gasteiger partial charge in [-0.1, -0.05) is 69.2 Å². The van der Waals surface area contributed by atoms with Crippen molar-refractivity contribution < 1.29 is 9.53 Å². The van der Waals surface area contributed by atoms with Crippen LogP contribution in [0.15, 0.2) is 12.4 Å². The van der Waals surface area contributed by atoms with Gasteiger partial charge in [0, 0.05) is 43.8 Å². The summed E-state index contributed by atoms with van der Waals surface area (Å²) >= 11 is 2.44. The molecule has 0 radical (unpaired) electrons. The smallest absolute Gasteiger partial charge is 0.192 e. The van der Waals surface area contributed by atoms with Crippen LogP contribution in [0.2, 0.25) is 18.1 Å². The second-order valence-corrected chi connectivity index (χ2v) is 20.0. The van der Waals surface area contributed by atoms with Crippen LogP contribution in [0.25, 0.3) is 0 Å². The molecular formula is C29H46IN3O2Si. The van der Waals surface area contributed by atoms with Crippen LogP contribution in [0.4, 0.5) is 0 Å². The topological polar surface area (TPSA) is 68.1 Å². The molecular weight excluding hydrogens is 577 g/mol. The van der Waals surface area contributed by atoms with Crippen molar-refractivity contribution >= 4 is 30.9 Å². The Hall–Kier alpha value is -0.903. The molecule has 0 fully saturated rings. The summed E-state index contributed by atoms with van der Waals surface area (Å²) in [5.41, 5.74) is 4.78. The van der Waals surface area contributed by atoms with E-state index in [0.29, 0.717) is 5.56 Å². The summed E-state index contributed by atoms with van der Waals surface area (Å²) in [5, 5.41) is 11.8. The molecule has 2 heterocycles. The van der Waals surface area contributed by atoms with Gasteiger partial charge in [-0.25, -0.2) is 9.97 Å². The quantitative estimate of drug-likeness (QED) is 0.270. The summed E-state index contributed by atoms with van der Waals surface area (Å²) in [7, 11) is -2.03. The van der Waals surface area contributed by atoms with E-state index in [9.17, 15) is 5.11 Å². The van der Waals surface area contributed by atoms with Gasteiger partial charge in [-0.3, -0.25) is 4.98 Å². The first-order valence-corrected chi connectivity index (χ1v) is 17.1. The van der Waals surface area contributed by atoms with Crippen LogP contribution in [-0.4, -0.2) is 28.4 Å². The van der Waals surface area contributed by atoms with Crippen molar-refractivity contribution in [2.75, 3.05) is 0 Å². The molecule has 1 N–H and O–H groups in total. The molecule has 3 rings (SSSR count). The van der Waals surface area contributed by atoms with Gasteiger partial charge < -0.3 is 9.53 Å². The van der Waals surface area contributed by atoms with Gasteiger partial charge in [0.2, 0.25) is 0 Å². The summed E-state index contributed by atoms with van der Waals surface area (Å²) < 4.78 is 8.14. The Morgan fingerprint density at radius 2 is 1.64 bits per heavy atom. The number of nitrogens with zero attached hydrogens (tertiary/aromatic N) is 3. The number of hydrogen-bond acceptors (Lipinski definition) is 5. The molecule has 0 aliphatic heterocycles. The normalized spacial score (nSPS) is 19.4. The maximum atomic E-state index is 11.7. The van der Waals surface area contributed by atoms with Crippen LogP contribution < -0.4 is 0 Å².